The summed E-state index contributed by atoms with van der Waals surface area (Å²) in [7, 11) is -3.15. The predicted molar refractivity (Wildman–Crippen MR) is 73.5 cm³/mol. The van der Waals surface area contributed by atoms with Crippen LogP contribution >= 0.6 is 11.3 Å². The van der Waals surface area contributed by atoms with E-state index in [9.17, 15) is 13.2 Å². The van der Waals surface area contributed by atoms with E-state index in [-0.39, 0.29) is 17.9 Å². The molecule has 0 saturated carbocycles. The van der Waals surface area contributed by atoms with E-state index in [0.29, 0.717) is 6.54 Å². The first-order valence-electron chi connectivity index (χ1n) is 6.04. The minimum Gasteiger partial charge on any atom is -0.481 e. The lowest BCUT2D eigenvalue weighted by Crippen LogP contribution is -2.49. The Balaban J connectivity index is 2.23. The van der Waals surface area contributed by atoms with Gasteiger partial charge in [0, 0.05) is 11.9 Å². The van der Waals surface area contributed by atoms with E-state index in [1.807, 2.05) is 17.2 Å². The molecule has 1 aromatic rings. The van der Waals surface area contributed by atoms with Gasteiger partial charge in [-0.25, -0.2) is 13.4 Å². The number of nitrogens with zero attached hydrogens (tertiary/aromatic N) is 2. The van der Waals surface area contributed by atoms with E-state index >= 15 is 0 Å². The first-order chi connectivity index (χ1) is 8.91. The van der Waals surface area contributed by atoms with E-state index in [1.54, 1.807) is 0 Å². The molecule has 1 unspecified atom stereocenters. The molecule has 1 N–H and O–H groups in total. The smallest absolute Gasteiger partial charge is 0.305 e. The van der Waals surface area contributed by atoms with Crippen LogP contribution in [0.15, 0.2) is 5.38 Å². The molecule has 1 aliphatic heterocycles. The van der Waals surface area contributed by atoms with E-state index in [0.717, 1.165) is 17.2 Å². The van der Waals surface area contributed by atoms with Crippen molar-refractivity contribution in [1.82, 2.24) is 4.98 Å². The molecule has 1 atom stereocenters. The van der Waals surface area contributed by atoms with Crippen LogP contribution in [0.3, 0.4) is 0 Å². The second kappa shape index (κ2) is 5.46. The molecule has 0 aromatic carbocycles. The summed E-state index contributed by atoms with van der Waals surface area (Å²) in [6, 6.07) is -0.521. The number of aromatic nitrogens is 1. The molecular formula is C11H16N2O4S2. The van der Waals surface area contributed by atoms with E-state index < -0.39 is 21.8 Å². The van der Waals surface area contributed by atoms with Crippen LogP contribution in [0.1, 0.15) is 19.0 Å². The Morgan fingerprint density at radius 3 is 2.95 bits per heavy atom. The quantitative estimate of drug-likeness (QED) is 0.884. The third kappa shape index (κ3) is 3.44. The minimum atomic E-state index is -3.15. The number of carbonyl (C=O) groups is 1. The fourth-order valence-corrected chi connectivity index (χ4v) is 4.63. The van der Waals surface area contributed by atoms with Crippen molar-refractivity contribution in [3.8, 4) is 0 Å². The molecule has 19 heavy (non-hydrogen) atoms. The van der Waals surface area contributed by atoms with Crippen LogP contribution in [0.2, 0.25) is 0 Å². The van der Waals surface area contributed by atoms with Crippen LogP contribution < -0.4 is 4.90 Å². The monoisotopic (exact) mass is 304 g/mol. The van der Waals surface area contributed by atoms with Gasteiger partial charge >= 0.3 is 5.97 Å². The summed E-state index contributed by atoms with van der Waals surface area (Å²) in [6.45, 7) is 2.31. The number of hydrogen-bond acceptors (Lipinski definition) is 6. The van der Waals surface area contributed by atoms with Gasteiger partial charge in [-0.2, -0.15) is 0 Å². The van der Waals surface area contributed by atoms with Crippen LogP contribution in [0.4, 0.5) is 5.13 Å². The number of carboxylic acid groups (broad SMARTS) is 1. The number of thiazole rings is 1. The van der Waals surface area contributed by atoms with Gasteiger partial charge in [-0.15, -0.1) is 11.3 Å². The molecule has 106 valence electrons. The third-order valence-corrected chi connectivity index (χ3v) is 5.71. The maximum absolute atomic E-state index is 11.6. The summed E-state index contributed by atoms with van der Waals surface area (Å²) < 4.78 is 23.3. The van der Waals surface area contributed by atoms with Gasteiger partial charge in [0.05, 0.1) is 29.7 Å². The Morgan fingerprint density at radius 2 is 2.37 bits per heavy atom. The van der Waals surface area contributed by atoms with Gasteiger partial charge in [0.15, 0.2) is 15.0 Å². The lowest BCUT2D eigenvalue weighted by Gasteiger charge is -2.34. The fraction of sp³-hybridized carbons (Fsp3) is 0.636. The van der Waals surface area contributed by atoms with Crippen molar-refractivity contribution in [3.05, 3.63) is 11.1 Å². The summed E-state index contributed by atoms with van der Waals surface area (Å²) in [5.41, 5.74) is 0.947. The topological polar surface area (TPSA) is 87.6 Å². The second-order valence-corrected chi connectivity index (χ2v) is 7.60. The number of anilines is 1. The maximum Gasteiger partial charge on any atom is 0.305 e. The molecule has 0 spiro atoms. The van der Waals surface area contributed by atoms with Crippen LogP contribution in [0.25, 0.3) is 0 Å². The molecule has 1 fully saturated rings. The average Bonchev–Trinajstić information content (AvgIpc) is 2.75. The molecule has 1 aliphatic rings. The number of hydrogen-bond donors (Lipinski definition) is 1. The van der Waals surface area contributed by atoms with Crippen molar-refractivity contribution < 1.29 is 18.3 Å². The normalized spacial score (nSPS) is 22.4. The molecule has 2 heterocycles. The molecule has 0 aliphatic carbocycles. The number of rotatable bonds is 4. The third-order valence-electron chi connectivity index (χ3n) is 3.09. The van der Waals surface area contributed by atoms with Crippen molar-refractivity contribution in [2.75, 3.05) is 23.0 Å². The molecule has 0 bridgehead atoms. The highest BCUT2D eigenvalue weighted by molar-refractivity contribution is 7.91. The lowest BCUT2D eigenvalue weighted by atomic mass is 10.2. The van der Waals surface area contributed by atoms with Gasteiger partial charge in [0.25, 0.3) is 0 Å². The Kier molecular flexibility index (Phi) is 4.10. The van der Waals surface area contributed by atoms with Crippen molar-refractivity contribution in [2.45, 2.75) is 25.8 Å². The molecule has 1 saturated heterocycles. The average molecular weight is 304 g/mol. The van der Waals surface area contributed by atoms with Gasteiger partial charge in [-0.05, 0) is 6.42 Å². The first-order valence-corrected chi connectivity index (χ1v) is 8.74. The van der Waals surface area contributed by atoms with Gasteiger partial charge < -0.3 is 10.0 Å². The summed E-state index contributed by atoms with van der Waals surface area (Å²) in [6.07, 6.45) is 0.631. The van der Waals surface area contributed by atoms with Crippen LogP contribution in [0, 0.1) is 0 Å². The van der Waals surface area contributed by atoms with Gasteiger partial charge in [-0.1, -0.05) is 6.92 Å². The van der Waals surface area contributed by atoms with Gasteiger partial charge in [0.2, 0.25) is 0 Å². The Morgan fingerprint density at radius 1 is 1.63 bits per heavy atom. The highest BCUT2D eigenvalue weighted by Crippen LogP contribution is 2.27. The summed E-state index contributed by atoms with van der Waals surface area (Å²) in [5, 5.41) is 11.6. The van der Waals surface area contributed by atoms with E-state index in [2.05, 4.69) is 4.98 Å². The highest BCUT2D eigenvalue weighted by atomic mass is 32.2. The van der Waals surface area contributed by atoms with E-state index in [4.69, 9.17) is 5.11 Å². The van der Waals surface area contributed by atoms with Crippen LogP contribution in [-0.4, -0.2) is 48.6 Å². The van der Waals surface area contributed by atoms with Gasteiger partial charge in [0.1, 0.15) is 0 Å². The lowest BCUT2D eigenvalue weighted by molar-refractivity contribution is -0.137. The molecule has 1 aromatic heterocycles. The number of carboxylic acids is 1. The van der Waals surface area contributed by atoms with E-state index in [1.165, 1.54) is 11.3 Å². The largest absolute Gasteiger partial charge is 0.481 e. The summed E-state index contributed by atoms with van der Waals surface area (Å²) >= 11 is 1.44. The number of sulfone groups is 1. The first kappa shape index (κ1) is 14.3. The fourth-order valence-electron chi connectivity index (χ4n) is 2.10. The van der Waals surface area contributed by atoms with Crippen molar-refractivity contribution in [2.24, 2.45) is 0 Å². The SMILES string of the molecule is CCc1csc(N2CCS(=O)(=O)CC2CC(=O)O)n1. The predicted octanol–water partition coefficient (Wildman–Crippen LogP) is 0.784. The summed E-state index contributed by atoms with van der Waals surface area (Å²) in [5.74, 6) is -1.04. The standard InChI is InChI=1S/C11H16N2O4S2/c1-2-8-6-18-11(12-8)13-3-4-19(16,17)7-9(13)5-10(14)15/h6,9H,2-5,7H2,1H3,(H,14,15). The van der Waals surface area contributed by atoms with Crippen molar-refractivity contribution in [1.29, 1.82) is 0 Å². The zero-order valence-electron chi connectivity index (χ0n) is 10.6. The molecule has 0 amide bonds. The molecule has 0 radical (unpaired) electrons. The number of aryl methyl sites for hydroxylation is 1. The Hall–Kier alpha value is -1.15. The highest BCUT2D eigenvalue weighted by Gasteiger charge is 2.34. The molecule has 6 nitrogen and oxygen atoms in total. The maximum atomic E-state index is 11.6. The van der Waals surface area contributed by atoms with Crippen molar-refractivity contribution in [3.63, 3.8) is 0 Å². The minimum absolute atomic E-state index is 0.0597. The Labute approximate surface area is 116 Å². The summed E-state index contributed by atoms with van der Waals surface area (Å²) in [4.78, 5) is 17.1. The zero-order chi connectivity index (χ0) is 14.0. The molecular weight excluding hydrogens is 288 g/mol. The molecule has 8 heteroatoms. The van der Waals surface area contributed by atoms with Crippen molar-refractivity contribution >= 4 is 32.3 Å². The Bertz CT molecular complexity index is 567. The van der Waals surface area contributed by atoms with Gasteiger partial charge in [-0.3, -0.25) is 4.79 Å². The van der Waals surface area contributed by atoms with Crippen LogP contribution in [0.5, 0.6) is 0 Å². The second-order valence-electron chi connectivity index (χ2n) is 4.53. The zero-order valence-corrected chi connectivity index (χ0v) is 12.2. The van der Waals surface area contributed by atoms with Crippen LogP contribution in [-0.2, 0) is 21.1 Å². The molecule has 2 rings (SSSR count). The number of aliphatic carboxylic acids is 1.